The van der Waals surface area contributed by atoms with E-state index in [0.29, 0.717) is 6.42 Å². The van der Waals surface area contributed by atoms with Crippen molar-refractivity contribution in [2.24, 2.45) is 0 Å². The van der Waals surface area contributed by atoms with Crippen molar-refractivity contribution in [2.75, 3.05) is 7.11 Å². The minimum Gasteiger partial charge on any atom is -0.497 e. The Morgan fingerprint density at radius 2 is 1.53 bits per heavy atom. The molecule has 30 heavy (non-hydrogen) atoms. The van der Waals surface area contributed by atoms with Crippen molar-refractivity contribution in [3.05, 3.63) is 72.0 Å². The highest BCUT2D eigenvalue weighted by Crippen LogP contribution is 2.36. The molecule has 8 heteroatoms. The van der Waals surface area contributed by atoms with Crippen molar-refractivity contribution in [1.82, 2.24) is 0 Å². The molecule has 156 valence electrons. The molecule has 2 aromatic carbocycles. The number of hydrogen-bond acceptors (Lipinski definition) is 2. The topological polar surface area (TPSA) is 37.6 Å². The van der Waals surface area contributed by atoms with Gasteiger partial charge < -0.3 is 22.0 Å². The molecular formula is C22H19BF4O3. The fourth-order valence-corrected chi connectivity index (χ4v) is 3.33. The van der Waals surface area contributed by atoms with E-state index < -0.39 is 7.25 Å². The molecule has 0 unspecified atom stereocenters. The highest BCUT2D eigenvalue weighted by Gasteiger charge is 2.32. The van der Waals surface area contributed by atoms with Gasteiger partial charge >= 0.3 is 18.8 Å². The first-order valence-electron chi connectivity index (χ1n) is 9.36. The van der Waals surface area contributed by atoms with Gasteiger partial charge in [-0.25, -0.2) is 4.42 Å². The molecule has 0 bridgehead atoms. The summed E-state index contributed by atoms with van der Waals surface area (Å²) in [5.41, 5.74) is 3.68. The van der Waals surface area contributed by atoms with Gasteiger partial charge in [-0.05, 0) is 36.2 Å². The highest BCUT2D eigenvalue weighted by atomic mass is 19.5. The van der Waals surface area contributed by atoms with E-state index in [-0.39, 0.29) is 5.78 Å². The largest absolute Gasteiger partial charge is 0.673 e. The predicted molar refractivity (Wildman–Crippen MR) is 108 cm³/mol. The molecule has 1 aliphatic rings. The molecule has 0 N–H and O–H groups in total. The van der Waals surface area contributed by atoms with Crippen molar-refractivity contribution in [3.63, 3.8) is 0 Å². The monoisotopic (exact) mass is 418 g/mol. The number of ether oxygens (including phenoxy) is 1. The van der Waals surface area contributed by atoms with Crippen LogP contribution in [-0.4, -0.2) is 20.1 Å². The Hall–Kier alpha value is -3.16. The van der Waals surface area contributed by atoms with Crippen LogP contribution in [0.25, 0.3) is 22.5 Å². The zero-order valence-electron chi connectivity index (χ0n) is 16.2. The number of halogens is 4. The number of benzene rings is 2. The summed E-state index contributed by atoms with van der Waals surface area (Å²) in [6.07, 6.45) is 2.22. The number of Topliss-reactive ketones (excluding diaryl/α,β-unsaturated/α-hetero) is 1. The molecule has 0 spiro atoms. The number of carbonyl (C=O) groups is 1. The second kappa shape index (κ2) is 9.11. The SMILES string of the molecule is COc1ccc(-c2cc(-c3ccccc3)[o+]c3c2C(=O)CCC3)cc1.F[B-](F)(F)F. The van der Waals surface area contributed by atoms with Crippen molar-refractivity contribution in [1.29, 1.82) is 0 Å². The zero-order chi connectivity index (χ0) is 21.7. The van der Waals surface area contributed by atoms with Crippen molar-refractivity contribution in [2.45, 2.75) is 19.3 Å². The molecule has 3 nitrogen and oxygen atoms in total. The Morgan fingerprint density at radius 1 is 0.900 bits per heavy atom. The van der Waals surface area contributed by atoms with E-state index in [1.807, 2.05) is 60.7 Å². The summed E-state index contributed by atoms with van der Waals surface area (Å²) in [4.78, 5) is 12.6. The number of methoxy groups -OCH3 is 1. The van der Waals surface area contributed by atoms with Gasteiger partial charge in [0.05, 0.1) is 25.2 Å². The van der Waals surface area contributed by atoms with Crippen LogP contribution in [-0.2, 0) is 6.42 Å². The second-order valence-electron chi connectivity index (χ2n) is 6.69. The van der Waals surface area contributed by atoms with E-state index in [2.05, 4.69) is 0 Å². The molecule has 0 aliphatic heterocycles. The van der Waals surface area contributed by atoms with Gasteiger partial charge in [0.15, 0.2) is 5.78 Å². The number of hydrogen-bond donors (Lipinski definition) is 0. The molecule has 0 radical (unpaired) electrons. The third-order valence-corrected chi connectivity index (χ3v) is 4.60. The predicted octanol–water partition coefficient (Wildman–Crippen LogP) is 6.72. The summed E-state index contributed by atoms with van der Waals surface area (Å²) in [6, 6.07) is 19.8. The van der Waals surface area contributed by atoms with Gasteiger partial charge in [-0.2, -0.15) is 0 Å². The zero-order valence-corrected chi connectivity index (χ0v) is 16.2. The third kappa shape index (κ3) is 5.46. The maximum Gasteiger partial charge on any atom is 0.673 e. The van der Waals surface area contributed by atoms with E-state index in [1.54, 1.807) is 7.11 Å². The van der Waals surface area contributed by atoms with Gasteiger partial charge in [0, 0.05) is 12.0 Å². The van der Waals surface area contributed by atoms with Crippen LogP contribution in [0.15, 0.2) is 65.1 Å². The van der Waals surface area contributed by atoms with Gasteiger partial charge in [0.2, 0.25) is 0 Å². The van der Waals surface area contributed by atoms with E-state index in [1.165, 1.54) is 0 Å². The Bertz CT molecular complexity index is 1010. The van der Waals surface area contributed by atoms with E-state index in [0.717, 1.165) is 52.4 Å². The van der Waals surface area contributed by atoms with Crippen LogP contribution < -0.4 is 4.74 Å². The molecule has 1 aliphatic carbocycles. The minimum absolute atomic E-state index is 0.162. The number of fused-ring (bicyclic) bond motifs is 1. The fraction of sp³-hybridized carbons (Fsp3) is 0.182. The van der Waals surface area contributed by atoms with Crippen molar-refractivity contribution >= 4 is 13.0 Å². The Labute approximate surface area is 171 Å². The average Bonchev–Trinajstić information content (AvgIpc) is 2.73. The lowest BCUT2D eigenvalue weighted by molar-refractivity contribution is 0.0967. The first-order valence-corrected chi connectivity index (χ1v) is 9.36. The van der Waals surface area contributed by atoms with Crippen LogP contribution in [0.1, 0.15) is 29.0 Å². The van der Waals surface area contributed by atoms with Gasteiger partial charge in [-0.15, -0.1) is 0 Å². The standard InChI is InChI=1S/C22H19O3.BF4/c1-24-17-12-10-15(11-13-17)18-14-21(16-6-3-2-4-7-16)25-20-9-5-8-19(23)22(18)20;2-1(3,4)5/h2-4,6-7,10-14H,5,8-9H2,1H3;/q+1;-1. The molecule has 4 rings (SSSR count). The normalized spacial score (nSPS) is 13.2. The number of ketones is 1. The number of aryl methyl sites for hydroxylation is 1. The summed E-state index contributed by atoms with van der Waals surface area (Å²) >= 11 is 0. The van der Waals surface area contributed by atoms with E-state index >= 15 is 0 Å². The Morgan fingerprint density at radius 3 is 2.13 bits per heavy atom. The first kappa shape index (κ1) is 21.6. The lowest BCUT2D eigenvalue weighted by Gasteiger charge is -2.12. The average molecular weight is 418 g/mol. The van der Waals surface area contributed by atoms with Crippen molar-refractivity contribution in [3.8, 4) is 28.2 Å². The second-order valence-corrected chi connectivity index (χ2v) is 6.69. The summed E-state index contributed by atoms with van der Waals surface area (Å²) in [7, 11) is -4.35. The molecule has 0 saturated heterocycles. The molecule has 0 saturated carbocycles. The Balaban J connectivity index is 0.000000461. The molecule has 0 fully saturated rings. The van der Waals surface area contributed by atoms with Crippen molar-refractivity contribution < 1.29 is 31.2 Å². The molecule has 1 aromatic heterocycles. The highest BCUT2D eigenvalue weighted by molar-refractivity contribution is 6.50. The third-order valence-electron chi connectivity index (χ3n) is 4.60. The van der Waals surface area contributed by atoms with Crippen LogP contribution in [0.3, 0.4) is 0 Å². The smallest absolute Gasteiger partial charge is 0.497 e. The lowest BCUT2D eigenvalue weighted by atomic mass is 9.88. The maximum atomic E-state index is 12.6. The molecule has 3 aromatic rings. The summed E-state index contributed by atoms with van der Waals surface area (Å²) in [5.74, 6) is 2.55. The summed E-state index contributed by atoms with van der Waals surface area (Å²) in [6.45, 7) is 0. The summed E-state index contributed by atoms with van der Waals surface area (Å²) < 4.78 is 50.4. The molecule has 0 amide bonds. The summed E-state index contributed by atoms with van der Waals surface area (Å²) in [5, 5.41) is 0. The fourth-order valence-electron chi connectivity index (χ4n) is 3.33. The minimum atomic E-state index is -6.00. The molecule has 0 atom stereocenters. The quantitative estimate of drug-likeness (QED) is 0.269. The van der Waals surface area contributed by atoms with Crippen LogP contribution >= 0.6 is 0 Å². The molecular weight excluding hydrogens is 399 g/mol. The van der Waals surface area contributed by atoms with Crippen LogP contribution in [0, 0.1) is 0 Å². The van der Waals surface area contributed by atoms with Crippen LogP contribution in [0.2, 0.25) is 0 Å². The lowest BCUT2D eigenvalue weighted by Crippen LogP contribution is -2.12. The first-order chi connectivity index (χ1) is 14.3. The van der Waals surface area contributed by atoms with Gasteiger partial charge in [0.25, 0.3) is 0 Å². The van der Waals surface area contributed by atoms with Gasteiger partial charge in [-0.3, -0.25) is 4.79 Å². The maximum absolute atomic E-state index is 12.6. The number of rotatable bonds is 3. The Kier molecular flexibility index (Phi) is 6.55. The number of carbonyl (C=O) groups excluding carboxylic acids is 1. The van der Waals surface area contributed by atoms with Gasteiger partial charge in [-0.1, -0.05) is 30.3 Å². The van der Waals surface area contributed by atoms with Crippen LogP contribution in [0.5, 0.6) is 5.75 Å². The molecule has 1 heterocycles. The van der Waals surface area contributed by atoms with Gasteiger partial charge in [0.1, 0.15) is 11.3 Å². The van der Waals surface area contributed by atoms with E-state index in [9.17, 15) is 22.1 Å². The van der Waals surface area contributed by atoms with E-state index in [4.69, 9.17) is 9.15 Å². The van der Waals surface area contributed by atoms with Crippen LogP contribution in [0.4, 0.5) is 17.3 Å².